The van der Waals surface area contributed by atoms with Crippen molar-refractivity contribution in [1.82, 2.24) is 4.90 Å². The van der Waals surface area contributed by atoms with Gasteiger partial charge >= 0.3 is 0 Å². The lowest BCUT2D eigenvalue weighted by atomic mass is 10.1. The summed E-state index contributed by atoms with van der Waals surface area (Å²) in [4.78, 5) is 17.6. The SMILES string of the molecule is N#CCN=C(C=O)C1CC(S(=O)(=O)c2ccccc2Cl)CN1C1COC1. The minimum absolute atomic E-state index is 0.0404. The average Bonchev–Trinajstić information content (AvgIpc) is 3.00. The summed E-state index contributed by atoms with van der Waals surface area (Å²) in [6.07, 6.45) is 0.839. The largest absolute Gasteiger partial charge is 0.378 e. The van der Waals surface area contributed by atoms with Crippen molar-refractivity contribution in [2.75, 3.05) is 26.3 Å². The van der Waals surface area contributed by atoms with Gasteiger partial charge in [0.25, 0.3) is 0 Å². The van der Waals surface area contributed by atoms with Crippen LogP contribution in [-0.4, -0.2) is 69.0 Å². The molecule has 0 saturated carbocycles. The smallest absolute Gasteiger partial charge is 0.184 e. The van der Waals surface area contributed by atoms with Gasteiger partial charge in [0.15, 0.2) is 16.1 Å². The van der Waals surface area contributed by atoms with E-state index in [2.05, 4.69) is 4.99 Å². The van der Waals surface area contributed by atoms with Crippen LogP contribution in [0.15, 0.2) is 34.2 Å². The van der Waals surface area contributed by atoms with Gasteiger partial charge in [-0.3, -0.25) is 14.7 Å². The summed E-state index contributed by atoms with van der Waals surface area (Å²) in [7, 11) is -3.67. The van der Waals surface area contributed by atoms with Gasteiger partial charge in [0, 0.05) is 6.54 Å². The van der Waals surface area contributed by atoms with Gasteiger partial charge in [-0.25, -0.2) is 8.42 Å². The zero-order valence-corrected chi connectivity index (χ0v) is 15.5. The van der Waals surface area contributed by atoms with E-state index < -0.39 is 21.1 Å². The first-order valence-corrected chi connectivity index (χ1v) is 10.1. The van der Waals surface area contributed by atoms with Gasteiger partial charge in [-0.1, -0.05) is 23.7 Å². The molecule has 7 nitrogen and oxygen atoms in total. The molecule has 0 spiro atoms. The van der Waals surface area contributed by atoms with E-state index in [1.807, 2.05) is 11.0 Å². The maximum atomic E-state index is 13.1. The minimum atomic E-state index is -3.67. The molecule has 0 N–H and O–H groups in total. The molecule has 0 amide bonds. The highest BCUT2D eigenvalue weighted by Gasteiger charge is 2.46. The second-order valence-corrected chi connectivity index (χ2v) is 8.86. The molecule has 2 saturated heterocycles. The highest BCUT2D eigenvalue weighted by molar-refractivity contribution is 7.92. The van der Waals surface area contributed by atoms with Crippen molar-refractivity contribution in [3.63, 3.8) is 0 Å². The Hall–Kier alpha value is -1.79. The van der Waals surface area contributed by atoms with Crippen LogP contribution in [0.3, 0.4) is 0 Å². The number of halogens is 1. The van der Waals surface area contributed by atoms with Crippen molar-refractivity contribution in [2.45, 2.75) is 28.6 Å². The molecule has 1 aromatic rings. The van der Waals surface area contributed by atoms with Crippen LogP contribution >= 0.6 is 11.6 Å². The normalized spacial score (nSPS) is 24.8. The van der Waals surface area contributed by atoms with E-state index in [-0.39, 0.29) is 41.2 Å². The number of nitriles is 1. The molecule has 3 rings (SSSR count). The third-order valence-electron chi connectivity index (χ3n) is 4.77. The molecule has 26 heavy (non-hydrogen) atoms. The number of ether oxygens (including phenoxy) is 1. The van der Waals surface area contributed by atoms with Gasteiger partial charge in [-0.05, 0) is 18.6 Å². The molecule has 138 valence electrons. The molecule has 0 aliphatic carbocycles. The van der Waals surface area contributed by atoms with Crippen LogP contribution in [0.5, 0.6) is 0 Å². The summed E-state index contributed by atoms with van der Waals surface area (Å²) in [6.45, 7) is 1.10. The van der Waals surface area contributed by atoms with Gasteiger partial charge in [0.2, 0.25) is 0 Å². The molecule has 1 aromatic carbocycles. The molecule has 2 fully saturated rings. The molecule has 2 heterocycles. The predicted molar refractivity (Wildman–Crippen MR) is 96.1 cm³/mol. The number of aliphatic imine (C=N–C) groups is 1. The number of aldehydes is 1. The quantitative estimate of drug-likeness (QED) is 0.406. The van der Waals surface area contributed by atoms with E-state index >= 15 is 0 Å². The maximum Gasteiger partial charge on any atom is 0.184 e. The lowest BCUT2D eigenvalue weighted by Gasteiger charge is -2.38. The molecule has 2 unspecified atom stereocenters. The Kier molecular flexibility index (Phi) is 5.73. The molecule has 0 bridgehead atoms. The molecule has 2 aliphatic rings. The Morgan fingerprint density at radius 2 is 2.15 bits per heavy atom. The van der Waals surface area contributed by atoms with Gasteiger partial charge in [-0.2, -0.15) is 5.26 Å². The monoisotopic (exact) mass is 395 g/mol. The fourth-order valence-electron chi connectivity index (χ4n) is 3.36. The molecular formula is C17H18ClN3O4S. The van der Waals surface area contributed by atoms with Crippen molar-refractivity contribution < 1.29 is 17.9 Å². The number of hydrogen-bond donors (Lipinski definition) is 0. The minimum Gasteiger partial charge on any atom is -0.378 e. The number of rotatable bonds is 6. The zero-order valence-electron chi connectivity index (χ0n) is 13.9. The first-order chi connectivity index (χ1) is 12.5. The number of nitrogens with zero attached hydrogens (tertiary/aromatic N) is 3. The summed E-state index contributed by atoms with van der Waals surface area (Å²) < 4.78 is 31.4. The van der Waals surface area contributed by atoms with E-state index in [4.69, 9.17) is 21.6 Å². The summed E-state index contributed by atoms with van der Waals surface area (Å²) in [5, 5.41) is 8.20. The molecule has 0 aromatic heterocycles. The van der Waals surface area contributed by atoms with Crippen molar-refractivity contribution in [3.8, 4) is 6.07 Å². The number of benzene rings is 1. The van der Waals surface area contributed by atoms with Crippen LogP contribution in [0.25, 0.3) is 0 Å². The highest BCUT2D eigenvalue weighted by atomic mass is 35.5. The summed E-state index contributed by atoms with van der Waals surface area (Å²) in [5.74, 6) is 0. The zero-order chi connectivity index (χ0) is 18.7. The Balaban J connectivity index is 1.92. The van der Waals surface area contributed by atoms with Crippen LogP contribution in [-0.2, 0) is 19.4 Å². The second-order valence-electron chi connectivity index (χ2n) is 6.25. The van der Waals surface area contributed by atoms with Crippen LogP contribution < -0.4 is 0 Å². The summed E-state index contributed by atoms with van der Waals surface area (Å²) in [6, 6.07) is 7.82. The van der Waals surface area contributed by atoms with Crippen molar-refractivity contribution in [2.24, 2.45) is 4.99 Å². The maximum absolute atomic E-state index is 13.1. The van der Waals surface area contributed by atoms with Crippen molar-refractivity contribution in [1.29, 1.82) is 5.26 Å². The van der Waals surface area contributed by atoms with Crippen LogP contribution in [0.4, 0.5) is 0 Å². The number of likely N-dealkylation sites (tertiary alicyclic amines) is 1. The van der Waals surface area contributed by atoms with Gasteiger partial charge in [0.1, 0.15) is 6.54 Å². The predicted octanol–water partition coefficient (Wildman–Crippen LogP) is 1.12. The number of sulfone groups is 1. The number of carbonyl (C=O) groups is 1. The topological polar surface area (TPSA) is 99.8 Å². The molecular weight excluding hydrogens is 378 g/mol. The lowest BCUT2D eigenvalue weighted by molar-refractivity contribution is -0.103. The first kappa shape index (κ1) is 19.0. The highest BCUT2D eigenvalue weighted by Crippen LogP contribution is 2.34. The molecule has 0 radical (unpaired) electrons. The third kappa shape index (κ3) is 3.53. The Morgan fingerprint density at radius 3 is 2.73 bits per heavy atom. The molecule has 2 aliphatic heterocycles. The second kappa shape index (κ2) is 7.84. The van der Waals surface area contributed by atoms with Gasteiger partial charge < -0.3 is 4.74 Å². The van der Waals surface area contributed by atoms with Crippen LogP contribution in [0.2, 0.25) is 5.02 Å². The van der Waals surface area contributed by atoms with E-state index in [9.17, 15) is 13.2 Å². The fourth-order valence-corrected chi connectivity index (χ4v) is 5.59. The molecule has 9 heteroatoms. The Labute approximate surface area is 157 Å². The van der Waals surface area contributed by atoms with E-state index in [1.54, 1.807) is 18.2 Å². The van der Waals surface area contributed by atoms with Crippen LogP contribution in [0.1, 0.15) is 6.42 Å². The number of carbonyl (C=O) groups excluding carboxylic acids is 1. The van der Waals surface area contributed by atoms with Crippen molar-refractivity contribution in [3.05, 3.63) is 29.3 Å². The third-order valence-corrected chi connectivity index (χ3v) is 7.40. The van der Waals surface area contributed by atoms with Crippen molar-refractivity contribution >= 4 is 33.4 Å². The standard InChI is InChI=1S/C17H18ClN3O4S/c18-14-3-1-2-4-17(14)26(23,24)13-7-16(15(9-22)20-6-5-19)21(8-13)12-10-25-11-12/h1-4,9,12-13,16H,6-8,10-11H2. The Bertz CT molecular complexity index is 861. The van der Waals surface area contributed by atoms with Crippen LogP contribution in [0, 0.1) is 11.3 Å². The first-order valence-electron chi connectivity index (χ1n) is 8.17. The average molecular weight is 396 g/mol. The van der Waals surface area contributed by atoms with Gasteiger partial charge in [-0.15, -0.1) is 0 Å². The summed E-state index contributed by atoms with van der Waals surface area (Å²) >= 11 is 6.09. The molecule has 2 atom stereocenters. The van der Waals surface area contributed by atoms with E-state index in [0.29, 0.717) is 19.5 Å². The Morgan fingerprint density at radius 1 is 1.42 bits per heavy atom. The van der Waals surface area contributed by atoms with Gasteiger partial charge in [0.05, 0.1) is 52.2 Å². The number of hydrogen-bond acceptors (Lipinski definition) is 7. The summed E-state index contributed by atoms with van der Waals surface area (Å²) in [5.41, 5.74) is 0.204. The van der Waals surface area contributed by atoms with E-state index in [0.717, 1.165) is 0 Å². The lowest BCUT2D eigenvalue weighted by Crippen LogP contribution is -2.53. The van der Waals surface area contributed by atoms with E-state index in [1.165, 1.54) is 6.07 Å². The fraction of sp³-hybridized carbons (Fsp3) is 0.471.